The quantitative estimate of drug-likeness (QED) is 0.456. The van der Waals surface area contributed by atoms with Gasteiger partial charge in [-0.3, -0.25) is 9.79 Å². The van der Waals surface area contributed by atoms with E-state index in [0.717, 1.165) is 69.0 Å². The lowest BCUT2D eigenvalue weighted by molar-refractivity contribution is -0.123. The van der Waals surface area contributed by atoms with Crippen molar-refractivity contribution in [2.45, 2.75) is 58.9 Å². The number of rotatable bonds is 10. The third kappa shape index (κ3) is 7.54. The van der Waals surface area contributed by atoms with E-state index in [-0.39, 0.29) is 12.5 Å². The molecule has 0 radical (unpaired) electrons. The van der Waals surface area contributed by atoms with E-state index in [0.29, 0.717) is 6.04 Å². The van der Waals surface area contributed by atoms with Gasteiger partial charge in [-0.2, -0.15) is 0 Å². The number of carbonyl (C=O) groups excluding carboxylic acids is 1. The summed E-state index contributed by atoms with van der Waals surface area (Å²) in [5.74, 6) is 3.28. The fraction of sp³-hybridized carbons (Fsp3) is 0.667. The van der Waals surface area contributed by atoms with Crippen LogP contribution >= 0.6 is 0 Å². The summed E-state index contributed by atoms with van der Waals surface area (Å²) in [6.07, 6.45) is 5.64. The number of amides is 1. The Hall–Kier alpha value is -2.24. The SMILES string of the molecule is CCNC(=NCCc1ccc(OCC(=O)NC2CC2)cc1)N1CCC(CC(C)C)C1. The Morgan fingerprint density at radius 2 is 2.00 bits per heavy atom. The molecule has 166 valence electrons. The first-order valence-electron chi connectivity index (χ1n) is 11.6. The van der Waals surface area contributed by atoms with Gasteiger partial charge >= 0.3 is 0 Å². The topological polar surface area (TPSA) is 66.0 Å². The maximum Gasteiger partial charge on any atom is 0.258 e. The molecule has 1 heterocycles. The summed E-state index contributed by atoms with van der Waals surface area (Å²) in [7, 11) is 0. The van der Waals surface area contributed by atoms with Crippen LogP contribution < -0.4 is 15.4 Å². The Labute approximate surface area is 181 Å². The number of guanidine groups is 1. The van der Waals surface area contributed by atoms with Crippen molar-refractivity contribution in [2.24, 2.45) is 16.8 Å². The highest BCUT2D eigenvalue weighted by molar-refractivity contribution is 5.80. The molecule has 30 heavy (non-hydrogen) atoms. The molecule has 0 aromatic heterocycles. The Morgan fingerprint density at radius 1 is 1.23 bits per heavy atom. The average Bonchev–Trinajstić information content (AvgIpc) is 3.41. The van der Waals surface area contributed by atoms with E-state index in [1.165, 1.54) is 18.4 Å². The molecular formula is C24H38N4O2. The number of ether oxygens (including phenoxy) is 1. The molecule has 1 amide bonds. The van der Waals surface area contributed by atoms with Crippen molar-refractivity contribution in [1.82, 2.24) is 15.5 Å². The first-order chi connectivity index (χ1) is 14.5. The highest BCUT2D eigenvalue weighted by atomic mass is 16.5. The lowest BCUT2D eigenvalue weighted by atomic mass is 9.97. The summed E-state index contributed by atoms with van der Waals surface area (Å²) in [4.78, 5) is 19.0. The van der Waals surface area contributed by atoms with Crippen molar-refractivity contribution in [2.75, 3.05) is 32.8 Å². The molecule has 0 bridgehead atoms. The molecule has 1 saturated carbocycles. The zero-order valence-electron chi connectivity index (χ0n) is 18.8. The maximum atomic E-state index is 11.7. The predicted octanol–water partition coefficient (Wildman–Crippen LogP) is 3.22. The van der Waals surface area contributed by atoms with Gasteiger partial charge in [0, 0.05) is 32.2 Å². The number of benzene rings is 1. The molecule has 1 atom stereocenters. The second kappa shape index (κ2) is 11.2. The standard InChI is InChI=1S/C24H38N4O2/c1-4-25-24(28-14-12-20(16-28)15-18(2)3)26-13-11-19-5-9-22(10-6-19)30-17-23(29)27-21-7-8-21/h5-6,9-10,18,20-21H,4,7-8,11-17H2,1-3H3,(H,25,26)(H,27,29). The van der Waals surface area contributed by atoms with E-state index in [1.54, 1.807) is 0 Å². The van der Waals surface area contributed by atoms with Gasteiger partial charge in [-0.25, -0.2) is 0 Å². The first-order valence-corrected chi connectivity index (χ1v) is 11.6. The molecule has 2 aliphatic rings. The van der Waals surface area contributed by atoms with Crippen LogP contribution in [0, 0.1) is 11.8 Å². The summed E-state index contributed by atoms with van der Waals surface area (Å²) >= 11 is 0. The third-order valence-corrected chi connectivity index (χ3v) is 5.62. The molecule has 1 aliphatic carbocycles. The van der Waals surface area contributed by atoms with Crippen molar-refractivity contribution in [3.63, 3.8) is 0 Å². The highest BCUT2D eigenvalue weighted by Crippen LogP contribution is 2.23. The molecule has 2 fully saturated rings. The number of hydrogen-bond acceptors (Lipinski definition) is 3. The molecule has 1 aromatic carbocycles. The van der Waals surface area contributed by atoms with E-state index < -0.39 is 0 Å². The molecule has 1 unspecified atom stereocenters. The smallest absolute Gasteiger partial charge is 0.258 e. The van der Waals surface area contributed by atoms with Crippen LogP contribution in [0.15, 0.2) is 29.3 Å². The van der Waals surface area contributed by atoms with E-state index in [2.05, 4.69) is 48.4 Å². The second-order valence-electron chi connectivity index (χ2n) is 8.99. The summed E-state index contributed by atoms with van der Waals surface area (Å²) in [5.41, 5.74) is 1.23. The van der Waals surface area contributed by atoms with E-state index in [1.807, 2.05) is 12.1 Å². The van der Waals surface area contributed by atoms with Crippen LogP contribution in [0.5, 0.6) is 5.75 Å². The predicted molar refractivity (Wildman–Crippen MR) is 122 cm³/mol. The van der Waals surface area contributed by atoms with Crippen LogP contribution in [0.2, 0.25) is 0 Å². The fourth-order valence-electron chi connectivity index (χ4n) is 4.00. The van der Waals surface area contributed by atoms with Crippen molar-refractivity contribution in [3.05, 3.63) is 29.8 Å². The minimum atomic E-state index is -0.0376. The number of aliphatic imine (C=N–C) groups is 1. The third-order valence-electron chi connectivity index (χ3n) is 5.62. The van der Waals surface area contributed by atoms with Gasteiger partial charge in [-0.1, -0.05) is 26.0 Å². The van der Waals surface area contributed by atoms with Crippen LogP contribution in [0.25, 0.3) is 0 Å². The first kappa shape index (κ1) is 22.4. The largest absolute Gasteiger partial charge is 0.484 e. The lowest BCUT2D eigenvalue weighted by Crippen LogP contribution is -2.40. The second-order valence-corrected chi connectivity index (χ2v) is 8.99. The van der Waals surface area contributed by atoms with Crippen LogP contribution in [-0.2, 0) is 11.2 Å². The highest BCUT2D eigenvalue weighted by Gasteiger charge is 2.25. The Balaban J connectivity index is 1.43. The van der Waals surface area contributed by atoms with Crippen molar-refractivity contribution in [1.29, 1.82) is 0 Å². The summed E-state index contributed by atoms with van der Waals surface area (Å²) in [6.45, 7) is 10.7. The molecule has 2 N–H and O–H groups in total. The van der Waals surface area contributed by atoms with E-state index in [4.69, 9.17) is 9.73 Å². The Morgan fingerprint density at radius 3 is 2.67 bits per heavy atom. The molecule has 0 spiro atoms. The van der Waals surface area contributed by atoms with Gasteiger partial charge in [0.15, 0.2) is 12.6 Å². The summed E-state index contributed by atoms with van der Waals surface area (Å²) in [6, 6.07) is 8.37. The minimum Gasteiger partial charge on any atom is -0.484 e. The minimum absolute atomic E-state index is 0.0376. The van der Waals surface area contributed by atoms with Gasteiger partial charge < -0.3 is 20.3 Å². The van der Waals surface area contributed by atoms with Crippen LogP contribution in [0.4, 0.5) is 0 Å². The zero-order chi connectivity index (χ0) is 21.3. The molecule has 1 aliphatic heterocycles. The molecule has 6 heteroatoms. The molecule has 6 nitrogen and oxygen atoms in total. The molecule has 3 rings (SSSR count). The van der Waals surface area contributed by atoms with Crippen LogP contribution in [-0.4, -0.2) is 55.6 Å². The van der Waals surface area contributed by atoms with Gasteiger partial charge in [-0.15, -0.1) is 0 Å². The van der Waals surface area contributed by atoms with Crippen LogP contribution in [0.1, 0.15) is 52.0 Å². The normalized spacial score (nSPS) is 19.3. The van der Waals surface area contributed by atoms with Gasteiger partial charge in [0.1, 0.15) is 5.75 Å². The number of likely N-dealkylation sites (tertiary alicyclic amines) is 1. The summed E-state index contributed by atoms with van der Waals surface area (Å²) in [5, 5.41) is 6.39. The number of nitrogens with one attached hydrogen (secondary N) is 2. The van der Waals surface area contributed by atoms with Gasteiger partial charge in [0.05, 0.1) is 0 Å². The molecule has 1 aromatic rings. The van der Waals surface area contributed by atoms with Crippen molar-refractivity contribution in [3.8, 4) is 5.75 Å². The van der Waals surface area contributed by atoms with E-state index in [9.17, 15) is 4.79 Å². The van der Waals surface area contributed by atoms with E-state index >= 15 is 0 Å². The van der Waals surface area contributed by atoms with Crippen molar-refractivity contribution < 1.29 is 9.53 Å². The van der Waals surface area contributed by atoms with Gasteiger partial charge in [-0.05, 0) is 68.6 Å². The number of carbonyl (C=O) groups is 1. The Kier molecular flexibility index (Phi) is 8.40. The van der Waals surface area contributed by atoms with Gasteiger partial charge in [0.2, 0.25) is 0 Å². The lowest BCUT2D eigenvalue weighted by Gasteiger charge is -2.22. The van der Waals surface area contributed by atoms with Crippen molar-refractivity contribution >= 4 is 11.9 Å². The molecular weight excluding hydrogens is 376 g/mol. The monoisotopic (exact) mass is 414 g/mol. The van der Waals surface area contributed by atoms with Gasteiger partial charge in [0.25, 0.3) is 5.91 Å². The maximum absolute atomic E-state index is 11.7. The molecule has 1 saturated heterocycles. The zero-order valence-corrected chi connectivity index (χ0v) is 18.8. The Bertz CT molecular complexity index is 698. The number of hydrogen-bond donors (Lipinski definition) is 2. The van der Waals surface area contributed by atoms with Crippen LogP contribution in [0.3, 0.4) is 0 Å². The number of nitrogens with zero attached hydrogens (tertiary/aromatic N) is 2. The fourth-order valence-corrected chi connectivity index (χ4v) is 4.00. The summed E-state index contributed by atoms with van der Waals surface area (Å²) < 4.78 is 5.57. The average molecular weight is 415 g/mol.